The second kappa shape index (κ2) is 9.93. The van der Waals surface area contributed by atoms with Gasteiger partial charge in [-0.25, -0.2) is 24.3 Å². The molecule has 3 heterocycles. The average molecular weight is 488 g/mol. The number of amides is 1. The van der Waals surface area contributed by atoms with Crippen molar-refractivity contribution in [1.29, 1.82) is 0 Å². The first-order valence-corrected chi connectivity index (χ1v) is 11.2. The van der Waals surface area contributed by atoms with Crippen molar-refractivity contribution in [3.8, 4) is 11.4 Å². The zero-order valence-electron chi connectivity index (χ0n) is 19.2. The van der Waals surface area contributed by atoms with Gasteiger partial charge in [-0.2, -0.15) is 13.2 Å². The van der Waals surface area contributed by atoms with Crippen LogP contribution in [0.4, 0.5) is 23.5 Å². The zero-order chi connectivity index (χ0) is 25.2. The lowest BCUT2D eigenvalue weighted by atomic mass is 9.89. The smallest absolute Gasteiger partial charge is 0.352 e. The van der Waals surface area contributed by atoms with Gasteiger partial charge in [0.1, 0.15) is 5.82 Å². The van der Waals surface area contributed by atoms with Crippen LogP contribution < -0.4 is 5.32 Å². The Morgan fingerprint density at radius 1 is 1.14 bits per heavy atom. The number of halogens is 4. The van der Waals surface area contributed by atoms with Crippen molar-refractivity contribution in [1.82, 2.24) is 24.8 Å². The fourth-order valence-electron chi connectivity index (χ4n) is 4.23. The summed E-state index contributed by atoms with van der Waals surface area (Å²) in [5.41, 5.74) is -0.418. The summed E-state index contributed by atoms with van der Waals surface area (Å²) in [6.07, 6.45) is 1.51. The number of aromatic nitrogens is 4. The van der Waals surface area contributed by atoms with Gasteiger partial charge in [0.2, 0.25) is 5.95 Å². The van der Waals surface area contributed by atoms with Crippen molar-refractivity contribution >= 4 is 11.9 Å². The number of carbonyl (C=O) groups is 1. The molecule has 1 fully saturated rings. The molecule has 184 valence electrons. The first-order chi connectivity index (χ1) is 16.7. The third-order valence-corrected chi connectivity index (χ3v) is 6.18. The van der Waals surface area contributed by atoms with Crippen LogP contribution in [0.3, 0.4) is 0 Å². The average Bonchev–Trinajstić information content (AvgIpc) is 2.84. The topological polar surface area (TPSA) is 83.9 Å². The maximum Gasteiger partial charge on any atom is 0.419 e. The summed E-state index contributed by atoms with van der Waals surface area (Å²) >= 11 is 0. The summed E-state index contributed by atoms with van der Waals surface area (Å²) in [4.78, 5) is 31.2. The van der Waals surface area contributed by atoms with Gasteiger partial charge in [-0.05, 0) is 43.4 Å². The van der Waals surface area contributed by atoms with E-state index in [1.807, 2.05) is 6.92 Å². The summed E-state index contributed by atoms with van der Waals surface area (Å²) in [5.74, 6) is -0.800. The van der Waals surface area contributed by atoms with E-state index in [1.54, 1.807) is 30.0 Å². The van der Waals surface area contributed by atoms with Gasteiger partial charge in [-0.15, -0.1) is 0 Å². The van der Waals surface area contributed by atoms with Crippen molar-refractivity contribution in [2.24, 2.45) is 5.92 Å². The molecular weight excluding hydrogens is 464 g/mol. The molecule has 1 N–H and O–H groups in total. The second-order valence-electron chi connectivity index (χ2n) is 8.55. The predicted octanol–water partition coefficient (Wildman–Crippen LogP) is 4.75. The number of aryl methyl sites for hydroxylation is 1. The highest BCUT2D eigenvalue weighted by atomic mass is 19.4. The number of nitrogens with one attached hydrogen (secondary N) is 1. The van der Waals surface area contributed by atoms with Crippen LogP contribution in [-0.4, -0.2) is 49.9 Å². The van der Waals surface area contributed by atoms with Gasteiger partial charge in [0.25, 0.3) is 5.91 Å². The first kappa shape index (κ1) is 24.5. The molecule has 35 heavy (non-hydrogen) atoms. The summed E-state index contributed by atoms with van der Waals surface area (Å²) in [6.45, 7) is 4.17. The molecule has 11 heteroatoms. The standard InChI is InChI=1S/C24H24F4N6O/c1-14-5-3-10-34(18(14)13-33-23-31-11-16(12-32-23)24(26,27)28)22(35)19-17(7-6-15(2)20(19)25)21-29-8-4-9-30-21/h4,6-9,11-12,14,18H,3,5,10,13H2,1-2H3,(H,31,32,33). The summed E-state index contributed by atoms with van der Waals surface area (Å²) < 4.78 is 53.7. The number of nitrogens with zero attached hydrogens (tertiary/aromatic N) is 5. The molecule has 1 saturated heterocycles. The number of hydrogen-bond acceptors (Lipinski definition) is 6. The molecular formula is C24H24F4N6O. The van der Waals surface area contributed by atoms with Gasteiger partial charge >= 0.3 is 6.18 Å². The van der Waals surface area contributed by atoms with Gasteiger partial charge in [0.15, 0.2) is 5.82 Å². The van der Waals surface area contributed by atoms with E-state index in [1.165, 1.54) is 12.4 Å². The van der Waals surface area contributed by atoms with Crippen molar-refractivity contribution in [3.63, 3.8) is 0 Å². The number of carbonyl (C=O) groups excluding carboxylic acids is 1. The van der Waals surface area contributed by atoms with Crippen LogP contribution in [0.1, 0.15) is 41.3 Å². The van der Waals surface area contributed by atoms with Crippen molar-refractivity contribution in [2.45, 2.75) is 38.9 Å². The minimum atomic E-state index is -4.53. The Kier molecular flexibility index (Phi) is 6.95. The molecule has 1 aromatic carbocycles. The SMILES string of the molecule is Cc1ccc(-c2ncccn2)c(C(=O)N2CCCC(C)C2CNc2ncc(C(F)(F)F)cn2)c1F. The molecule has 1 aliphatic heterocycles. The Morgan fingerprint density at radius 3 is 2.49 bits per heavy atom. The van der Waals surface area contributed by atoms with Gasteiger partial charge < -0.3 is 10.2 Å². The maximum atomic E-state index is 15.3. The first-order valence-electron chi connectivity index (χ1n) is 11.2. The highest BCUT2D eigenvalue weighted by Crippen LogP contribution is 2.31. The lowest BCUT2D eigenvalue weighted by molar-refractivity contribution is -0.138. The summed E-state index contributed by atoms with van der Waals surface area (Å²) in [5, 5.41) is 2.93. The zero-order valence-corrected chi connectivity index (χ0v) is 19.2. The fourth-order valence-corrected chi connectivity index (χ4v) is 4.23. The Morgan fingerprint density at radius 2 is 1.83 bits per heavy atom. The van der Waals surface area contributed by atoms with Gasteiger partial charge in [-0.1, -0.05) is 13.0 Å². The molecule has 0 radical (unpaired) electrons. The molecule has 0 spiro atoms. The van der Waals surface area contributed by atoms with Crippen LogP contribution in [0.15, 0.2) is 43.0 Å². The molecule has 3 aromatic rings. The van der Waals surface area contributed by atoms with Crippen molar-refractivity contribution in [2.75, 3.05) is 18.4 Å². The van der Waals surface area contributed by atoms with E-state index in [2.05, 4.69) is 25.3 Å². The highest BCUT2D eigenvalue weighted by Gasteiger charge is 2.35. The van der Waals surface area contributed by atoms with Crippen LogP contribution in [0.25, 0.3) is 11.4 Å². The molecule has 2 aromatic heterocycles. The van der Waals surface area contributed by atoms with Crippen LogP contribution in [0.2, 0.25) is 0 Å². The van der Waals surface area contributed by atoms with E-state index in [0.29, 0.717) is 30.1 Å². The van der Waals surface area contributed by atoms with Crippen LogP contribution >= 0.6 is 0 Å². The van der Waals surface area contributed by atoms with Crippen LogP contribution in [0.5, 0.6) is 0 Å². The van der Waals surface area contributed by atoms with Crippen LogP contribution in [0, 0.1) is 18.7 Å². The second-order valence-corrected chi connectivity index (χ2v) is 8.55. The Bertz CT molecular complexity index is 1190. The maximum absolute atomic E-state index is 15.3. The van der Waals surface area contributed by atoms with Crippen LogP contribution in [-0.2, 0) is 6.18 Å². The number of rotatable bonds is 5. The largest absolute Gasteiger partial charge is 0.419 e. The Balaban J connectivity index is 1.61. The lowest BCUT2D eigenvalue weighted by Crippen LogP contribution is -2.51. The normalized spacial score (nSPS) is 18.4. The van der Waals surface area contributed by atoms with E-state index >= 15 is 4.39 Å². The minimum Gasteiger partial charge on any atom is -0.352 e. The van der Waals surface area contributed by atoms with E-state index in [9.17, 15) is 18.0 Å². The number of hydrogen-bond donors (Lipinski definition) is 1. The van der Waals surface area contributed by atoms with Gasteiger partial charge in [0, 0.05) is 43.4 Å². The Hall–Kier alpha value is -3.63. The number of alkyl halides is 3. The van der Waals surface area contributed by atoms with Crippen molar-refractivity contribution in [3.05, 3.63) is 65.5 Å². The molecule has 2 atom stereocenters. The minimum absolute atomic E-state index is 0.0169. The molecule has 0 saturated carbocycles. The number of anilines is 1. The molecule has 1 aliphatic rings. The summed E-state index contributed by atoms with van der Waals surface area (Å²) in [6, 6.07) is 4.49. The molecule has 7 nitrogen and oxygen atoms in total. The predicted molar refractivity (Wildman–Crippen MR) is 121 cm³/mol. The van der Waals surface area contributed by atoms with E-state index in [-0.39, 0.29) is 35.8 Å². The van der Waals surface area contributed by atoms with E-state index < -0.39 is 23.5 Å². The number of benzene rings is 1. The van der Waals surface area contributed by atoms with E-state index in [0.717, 1.165) is 12.8 Å². The van der Waals surface area contributed by atoms with E-state index in [4.69, 9.17) is 0 Å². The molecule has 4 rings (SSSR count). The lowest BCUT2D eigenvalue weighted by Gasteiger charge is -2.40. The molecule has 1 amide bonds. The number of likely N-dealkylation sites (tertiary alicyclic amines) is 1. The van der Waals surface area contributed by atoms with Gasteiger partial charge in [0.05, 0.1) is 17.2 Å². The third kappa shape index (κ3) is 5.23. The third-order valence-electron chi connectivity index (χ3n) is 6.18. The quantitative estimate of drug-likeness (QED) is 0.522. The molecule has 2 unspecified atom stereocenters. The Labute approximate surface area is 199 Å². The molecule has 0 bridgehead atoms. The highest BCUT2D eigenvalue weighted by molar-refractivity contribution is 6.01. The fraction of sp³-hybridized carbons (Fsp3) is 0.375. The monoisotopic (exact) mass is 488 g/mol. The summed E-state index contributed by atoms with van der Waals surface area (Å²) in [7, 11) is 0. The van der Waals surface area contributed by atoms with Gasteiger partial charge in [-0.3, -0.25) is 4.79 Å². The number of piperidine rings is 1. The molecule has 0 aliphatic carbocycles. The van der Waals surface area contributed by atoms with Crippen molar-refractivity contribution < 1.29 is 22.4 Å².